The average molecular weight is 216 g/mol. The van der Waals surface area contributed by atoms with E-state index in [4.69, 9.17) is 4.74 Å². The normalized spacial score (nSPS) is 10.8. The van der Waals surface area contributed by atoms with Crippen molar-refractivity contribution in [2.24, 2.45) is 0 Å². The van der Waals surface area contributed by atoms with E-state index in [0.717, 1.165) is 17.1 Å². The Morgan fingerprint density at radius 3 is 2.31 bits per heavy atom. The van der Waals surface area contributed by atoms with Crippen molar-refractivity contribution < 1.29 is 4.74 Å². The molecule has 2 aromatic rings. The minimum absolute atomic E-state index is 0.458. The van der Waals surface area contributed by atoms with Crippen molar-refractivity contribution in [3.05, 3.63) is 42.2 Å². The fraction of sp³-hybridized carbons (Fsp3) is 0.308. The molecule has 0 saturated heterocycles. The van der Waals surface area contributed by atoms with E-state index in [1.807, 2.05) is 35.1 Å². The molecular formula is C13H16N2O. The Balaban J connectivity index is 2.28. The topological polar surface area (TPSA) is 27.1 Å². The summed E-state index contributed by atoms with van der Waals surface area (Å²) in [5, 5.41) is 4.51. The van der Waals surface area contributed by atoms with Gasteiger partial charge in [-0.05, 0) is 36.2 Å². The molecule has 0 N–H and O–H groups in total. The van der Waals surface area contributed by atoms with Crippen LogP contribution in [0.25, 0.3) is 5.69 Å². The van der Waals surface area contributed by atoms with Gasteiger partial charge in [-0.2, -0.15) is 5.10 Å². The summed E-state index contributed by atoms with van der Waals surface area (Å²) in [4.78, 5) is 0. The van der Waals surface area contributed by atoms with Gasteiger partial charge in [0.05, 0.1) is 18.5 Å². The van der Waals surface area contributed by atoms with Gasteiger partial charge in [0, 0.05) is 6.20 Å². The van der Waals surface area contributed by atoms with Gasteiger partial charge in [-0.25, -0.2) is 4.68 Å². The van der Waals surface area contributed by atoms with Crippen LogP contribution in [0.5, 0.6) is 5.75 Å². The first kappa shape index (κ1) is 10.7. The van der Waals surface area contributed by atoms with Crippen LogP contribution in [0, 0.1) is 0 Å². The van der Waals surface area contributed by atoms with Crippen LogP contribution >= 0.6 is 0 Å². The zero-order chi connectivity index (χ0) is 11.5. The molecule has 0 amide bonds. The van der Waals surface area contributed by atoms with Crippen molar-refractivity contribution in [2.45, 2.75) is 19.8 Å². The van der Waals surface area contributed by atoms with Crippen molar-refractivity contribution in [3.8, 4) is 11.4 Å². The van der Waals surface area contributed by atoms with Crippen LogP contribution in [0.4, 0.5) is 0 Å². The molecule has 2 rings (SSSR count). The Bertz CT molecular complexity index is 457. The number of aromatic nitrogens is 2. The summed E-state index contributed by atoms with van der Waals surface area (Å²) in [7, 11) is 1.67. The highest BCUT2D eigenvalue weighted by molar-refractivity contribution is 5.36. The van der Waals surface area contributed by atoms with Gasteiger partial charge in [-0.3, -0.25) is 0 Å². The highest BCUT2D eigenvalue weighted by Gasteiger charge is 2.04. The largest absolute Gasteiger partial charge is 0.497 e. The van der Waals surface area contributed by atoms with E-state index < -0.39 is 0 Å². The number of ether oxygens (including phenoxy) is 1. The van der Waals surface area contributed by atoms with Crippen molar-refractivity contribution in [1.29, 1.82) is 0 Å². The number of hydrogen-bond acceptors (Lipinski definition) is 2. The highest BCUT2D eigenvalue weighted by atomic mass is 16.5. The Labute approximate surface area is 95.7 Å². The van der Waals surface area contributed by atoms with Crippen LogP contribution in [0.1, 0.15) is 25.5 Å². The third-order valence-corrected chi connectivity index (χ3v) is 2.54. The summed E-state index contributed by atoms with van der Waals surface area (Å²) in [5.41, 5.74) is 2.16. The second-order valence-corrected chi connectivity index (χ2v) is 4.04. The summed E-state index contributed by atoms with van der Waals surface area (Å²) in [5.74, 6) is 1.32. The number of methoxy groups -OCH3 is 1. The summed E-state index contributed by atoms with van der Waals surface area (Å²) in [6, 6.07) is 9.92. The van der Waals surface area contributed by atoms with Gasteiger partial charge in [0.1, 0.15) is 5.75 Å². The zero-order valence-corrected chi connectivity index (χ0v) is 9.84. The zero-order valence-electron chi connectivity index (χ0n) is 9.84. The van der Waals surface area contributed by atoms with Gasteiger partial charge in [0.2, 0.25) is 0 Å². The molecule has 0 fully saturated rings. The lowest BCUT2D eigenvalue weighted by Crippen LogP contribution is -1.97. The van der Waals surface area contributed by atoms with Crippen LogP contribution in [0.3, 0.4) is 0 Å². The second kappa shape index (κ2) is 4.39. The molecule has 0 saturated carbocycles. The Kier molecular flexibility index (Phi) is 2.95. The predicted octanol–water partition coefficient (Wildman–Crippen LogP) is 3.00. The molecule has 1 heterocycles. The summed E-state index contributed by atoms with van der Waals surface area (Å²) >= 11 is 0. The Hall–Kier alpha value is -1.77. The van der Waals surface area contributed by atoms with Gasteiger partial charge in [0.15, 0.2) is 0 Å². The van der Waals surface area contributed by atoms with Crippen molar-refractivity contribution in [1.82, 2.24) is 9.78 Å². The van der Waals surface area contributed by atoms with Gasteiger partial charge in [-0.15, -0.1) is 0 Å². The monoisotopic (exact) mass is 216 g/mol. The standard InChI is InChI=1S/C13H16N2O/c1-10(2)13-8-9-15(14-13)11-4-6-12(16-3)7-5-11/h4-10H,1-3H3. The van der Waals surface area contributed by atoms with Gasteiger partial charge in [-0.1, -0.05) is 13.8 Å². The molecule has 0 aliphatic rings. The molecular weight excluding hydrogens is 200 g/mol. The van der Waals surface area contributed by atoms with Crippen LogP contribution in [0.15, 0.2) is 36.5 Å². The lowest BCUT2D eigenvalue weighted by atomic mass is 10.1. The maximum Gasteiger partial charge on any atom is 0.119 e. The third-order valence-electron chi connectivity index (χ3n) is 2.54. The molecule has 84 valence electrons. The summed E-state index contributed by atoms with van der Waals surface area (Å²) in [6.45, 7) is 4.28. The molecule has 1 aromatic carbocycles. The Morgan fingerprint density at radius 2 is 1.81 bits per heavy atom. The predicted molar refractivity (Wildman–Crippen MR) is 64.2 cm³/mol. The molecule has 0 aliphatic heterocycles. The lowest BCUT2D eigenvalue weighted by molar-refractivity contribution is 0.414. The van der Waals surface area contributed by atoms with E-state index in [0.29, 0.717) is 5.92 Å². The van der Waals surface area contributed by atoms with E-state index in [1.54, 1.807) is 7.11 Å². The number of benzene rings is 1. The molecule has 0 atom stereocenters. The smallest absolute Gasteiger partial charge is 0.119 e. The second-order valence-electron chi connectivity index (χ2n) is 4.04. The molecule has 0 aliphatic carbocycles. The number of rotatable bonds is 3. The summed E-state index contributed by atoms with van der Waals surface area (Å²) < 4.78 is 7.00. The Morgan fingerprint density at radius 1 is 1.12 bits per heavy atom. The molecule has 0 unspecified atom stereocenters. The molecule has 0 radical (unpaired) electrons. The molecule has 0 bridgehead atoms. The van der Waals surface area contributed by atoms with E-state index in [9.17, 15) is 0 Å². The summed E-state index contributed by atoms with van der Waals surface area (Å²) in [6.07, 6.45) is 1.98. The minimum atomic E-state index is 0.458. The molecule has 3 nitrogen and oxygen atoms in total. The van der Waals surface area contributed by atoms with Gasteiger partial charge in [0.25, 0.3) is 0 Å². The fourth-order valence-electron chi connectivity index (χ4n) is 1.52. The first-order chi connectivity index (χ1) is 7.70. The highest BCUT2D eigenvalue weighted by Crippen LogP contribution is 2.16. The lowest BCUT2D eigenvalue weighted by Gasteiger charge is -2.03. The van der Waals surface area contributed by atoms with Crippen molar-refractivity contribution in [2.75, 3.05) is 7.11 Å². The number of nitrogens with zero attached hydrogens (tertiary/aromatic N) is 2. The first-order valence-electron chi connectivity index (χ1n) is 5.40. The van der Waals surface area contributed by atoms with Crippen LogP contribution in [0.2, 0.25) is 0 Å². The van der Waals surface area contributed by atoms with Gasteiger partial charge < -0.3 is 4.74 Å². The van der Waals surface area contributed by atoms with Crippen molar-refractivity contribution >= 4 is 0 Å². The quantitative estimate of drug-likeness (QED) is 0.788. The minimum Gasteiger partial charge on any atom is -0.497 e. The van der Waals surface area contributed by atoms with E-state index in [2.05, 4.69) is 25.0 Å². The van der Waals surface area contributed by atoms with Gasteiger partial charge >= 0.3 is 0 Å². The fourth-order valence-corrected chi connectivity index (χ4v) is 1.52. The van der Waals surface area contributed by atoms with Crippen LogP contribution in [-0.2, 0) is 0 Å². The average Bonchev–Trinajstić information content (AvgIpc) is 2.78. The van der Waals surface area contributed by atoms with E-state index in [-0.39, 0.29) is 0 Å². The molecule has 3 heteroatoms. The van der Waals surface area contributed by atoms with E-state index >= 15 is 0 Å². The number of hydrogen-bond donors (Lipinski definition) is 0. The molecule has 1 aromatic heterocycles. The molecule has 16 heavy (non-hydrogen) atoms. The maximum absolute atomic E-state index is 5.12. The van der Waals surface area contributed by atoms with Crippen LogP contribution in [-0.4, -0.2) is 16.9 Å². The first-order valence-corrected chi connectivity index (χ1v) is 5.40. The maximum atomic E-state index is 5.12. The SMILES string of the molecule is COc1ccc(-n2ccc(C(C)C)n2)cc1. The third kappa shape index (κ3) is 2.08. The van der Waals surface area contributed by atoms with Crippen molar-refractivity contribution in [3.63, 3.8) is 0 Å². The molecule has 0 spiro atoms. The van der Waals surface area contributed by atoms with E-state index in [1.165, 1.54) is 0 Å². The van der Waals surface area contributed by atoms with Crippen LogP contribution < -0.4 is 4.74 Å².